The smallest absolute Gasteiger partial charge is 0.338 e. The van der Waals surface area contributed by atoms with E-state index in [1.807, 2.05) is 60.7 Å². The van der Waals surface area contributed by atoms with Crippen molar-refractivity contribution in [2.24, 2.45) is 0 Å². The summed E-state index contributed by atoms with van der Waals surface area (Å²) < 4.78 is 10.3. The minimum absolute atomic E-state index is 0.168. The summed E-state index contributed by atoms with van der Waals surface area (Å²) in [6.45, 7) is 5.45. The van der Waals surface area contributed by atoms with Gasteiger partial charge in [0.05, 0.1) is 18.8 Å². The van der Waals surface area contributed by atoms with Gasteiger partial charge in [0.2, 0.25) is 0 Å². The second kappa shape index (κ2) is 9.99. The van der Waals surface area contributed by atoms with Crippen LogP contribution in [-0.4, -0.2) is 25.2 Å². The Bertz CT molecular complexity index is 776. The molecular formula is C22H22O4. The Morgan fingerprint density at radius 1 is 0.885 bits per heavy atom. The maximum Gasteiger partial charge on any atom is 0.338 e. The average molecular weight is 350 g/mol. The molecule has 0 fully saturated rings. The molecule has 0 saturated heterocycles. The molecule has 0 N–H and O–H groups in total. The molecule has 26 heavy (non-hydrogen) atoms. The van der Waals surface area contributed by atoms with Crippen molar-refractivity contribution < 1.29 is 19.1 Å². The zero-order chi connectivity index (χ0) is 18.8. The van der Waals surface area contributed by atoms with E-state index in [0.29, 0.717) is 17.6 Å². The molecule has 0 amide bonds. The molecule has 0 aliphatic rings. The molecule has 0 spiro atoms. The molecule has 0 radical (unpaired) electrons. The molecule has 0 unspecified atom stereocenters. The van der Waals surface area contributed by atoms with E-state index in [2.05, 4.69) is 6.58 Å². The molecule has 0 aliphatic heterocycles. The maximum absolute atomic E-state index is 12.5. The van der Waals surface area contributed by atoms with Crippen molar-refractivity contribution >= 4 is 23.6 Å². The standard InChI is InChI=1S/C22H22O4/c1-17(2)21(23)25-14-9-15-26-22(24)20(19-12-7-4-8-13-19)16-18-10-5-3-6-11-18/h3-8,10-13,16H,1,9,14-15H2,2H3/b20-16-. The first kappa shape index (κ1) is 19.2. The van der Waals surface area contributed by atoms with Crippen LogP contribution >= 0.6 is 0 Å². The molecule has 0 aliphatic carbocycles. The Kier molecular flexibility index (Phi) is 7.37. The van der Waals surface area contributed by atoms with Gasteiger partial charge in [-0.25, -0.2) is 9.59 Å². The van der Waals surface area contributed by atoms with Gasteiger partial charge in [0.15, 0.2) is 0 Å². The van der Waals surface area contributed by atoms with Crippen molar-refractivity contribution in [2.75, 3.05) is 13.2 Å². The zero-order valence-corrected chi connectivity index (χ0v) is 14.8. The van der Waals surface area contributed by atoms with Gasteiger partial charge >= 0.3 is 11.9 Å². The summed E-state index contributed by atoms with van der Waals surface area (Å²) >= 11 is 0. The summed E-state index contributed by atoms with van der Waals surface area (Å²) in [5.41, 5.74) is 2.53. The van der Waals surface area contributed by atoms with Gasteiger partial charge in [-0.2, -0.15) is 0 Å². The van der Waals surface area contributed by atoms with E-state index < -0.39 is 11.9 Å². The highest BCUT2D eigenvalue weighted by molar-refractivity contribution is 6.21. The van der Waals surface area contributed by atoms with Crippen LogP contribution < -0.4 is 0 Å². The minimum atomic E-state index is -0.440. The Hall–Kier alpha value is -3.14. The quantitative estimate of drug-likeness (QED) is 0.309. The fraction of sp³-hybridized carbons (Fsp3) is 0.182. The first-order valence-corrected chi connectivity index (χ1v) is 8.40. The highest BCUT2D eigenvalue weighted by atomic mass is 16.5. The summed E-state index contributed by atoms with van der Waals surface area (Å²) in [4.78, 5) is 23.8. The van der Waals surface area contributed by atoms with Gasteiger partial charge in [-0.1, -0.05) is 67.2 Å². The van der Waals surface area contributed by atoms with Crippen LogP contribution in [0.25, 0.3) is 11.6 Å². The van der Waals surface area contributed by atoms with Crippen molar-refractivity contribution in [1.29, 1.82) is 0 Å². The molecule has 4 heteroatoms. The molecule has 0 bridgehead atoms. The van der Waals surface area contributed by atoms with Crippen LogP contribution in [0.15, 0.2) is 72.8 Å². The van der Waals surface area contributed by atoms with Gasteiger partial charge in [-0.15, -0.1) is 0 Å². The first-order chi connectivity index (χ1) is 12.6. The number of rotatable bonds is 8. The molecule has 134 valence electrons. The van der Waals surface area contributed by atoms with Gasteiger partial charge in [-0.3, -0.25) is 0 Å². The van der Waals surface area contributed by atoms with E-state index in [0.717, 1.165) is 11.1 Å². The van der Waals surface area contributed by atoms with E-state index >= 15 is 0 Å². The highest BCUT2D eigenvalue weighted by Gasteiger charge is 2.13. The number of hydrogen-bond donors (Lipinski definition) is 0. The van der Waals surface area contributed by atoms with Crippen molar-refractivity contribution in [3.63, 3.8) is 0 Å². The fourth-order valence-corrected chi connectivity index (χ4v) is 2.18. The fourth-order valence-electron chi connectivity index (χ4n) is 2.18. The summed E-state index contributed by atoms with van der Waals surface area (Å²) in [7, 11) is 0. The van der Waals surface area contributed by atoms with Crippen LogP contribution in [0.1, 0.15) is 24.5 Å². The summed E-state index contributed by atoms with van der Waals surface area (Å²) in [6.07, 6.45) is 2.23. The number of hydrogen-bond acceptors (Lipinski definition) is 4. The number of carbonyl (C=O) groups excluding carboxylic acids is 2. The Labute approximate surface area is 153 Å². The lowest BCUT2D eigenvalue weighted by Crippen LogP contribution is -2.12. The van der Waals surface area contributed by atoms with E-state index in [1.54, 1.807) is 13.0 Å². The van der Waals surface area contributed by atoms with Crippen LogP contribution in [0, 0.1) is 0 Å². The predicted octanol–water partition coefficient (Wildman–Crippen LogP) is 4.28. The molecule has 2 rings (SSSR count). The lowest BCUT2D eigenvalue weighted by Gasteiger charge is -2.09. The molecule has 0 heterocycles. The topological polar surface area (TPSA) is 52.6 Å². The third-order valence-corrected chi connectivity index (χ3v) is 3.52. The molecular weight excluding hydrogens is 328 g/mol. The van der Waals surface area contributed by atoms with Gasteiger partial charge in [0.25, 0.3) is 0 Å². The average Bonchev–Trinajstić information content (AvgIpc) is 2.67. The molecule has 0 saturated carbocycles. The van der Waals surface area contributed by atoms with Crippen LogP contribution in [0.5, 0.6) is 0 Å². The van der Waals surface area contributed by atoms with Crippen molar-refractivity contribution in [2.45, 2.75) is 13.3 Å². The molecule has 2 aromatic carbocycles. The van der Waals surface area contributed by atoms with Crippen LogP contribution in [0.4, 0.5) is 0 Å². The van der Waals surface area contributed by atoms with Crippen molar-refractivity contribution in [1.82, 2.24) is 0 Å². The lowest BCUT2D eigenvalue weighted by atomic mass is 10.0. The molecule has 4 nitrogen and oxygen atoms in total. The minimum Gasteiger partial charge on any atom is -0.462 e. The number of esters is 2. The van der Waals surface area contributed by atoms with E-state index in [-0.39, 0.29) is 13.2 Å². The van der Waals surface area contributed by atoms with Crippen LogP contribution in [0.2, 0.25) is 0 Å². The summed E-state index contributed by atoms with van der Waals surface area (Å²) in [6, 6.07) is 19.0. The van der Waals surface area contributed by atoms with E-state index in [4.69, 9.17) is 9.47 Å². The van der Waals surface area contributed by atoms with Crippen LogP contribution in [-0.2, 0) is 19.1 Å². The van der Waals surface area contributed by atoms with Crippen molar-refractivity contribution in [3.05, 3.63) is 83.9 Å². The summed E-state index contributed by atoms with van der Waals surface area (Å²) in [5.74, 6) is -0.850. The Balaban J connectivity index is 2.00. The normalized spacial score (nSPS) is 10.9. The lowest BCUT2D eigenvalue weighted by molar-refractivity contribution is -0.140. The summed E-state index contributed by atoms with van der Waals surface area (Å²) in [5, 5.41) is 0. The second-order valence-corrected chi connectivity index (χ2v) is 5.74. The monoisotopic (exact) mass is 350 g/mol. The second-order valence-electron chi connectivity index (χ2n) is 5.74. The van der Waals surface area contributed by atoms with Gasteiger partial charge in [0, 0.05) is 12.0 Å². The molecule has 0 aromatic heterocycles. The van der Waals surface area contributed by atoms with Gasteiger partial charge in [0.1, 0.15) is 0 Å². The third-order valence-electron chi connectivity index (χ3n) is 3.52. The number of ether oxygens (including phenoxy) is 2. The number of carbonyl (C=O) groups is 2. The SMILES string of the molecule is C=C(C)C(=O)OCCCOC(=O)/C(=C\c1ccccc1)c1ccccc1. The third kappa shape index (κ3) is 6.06. The van der Waals surface area contributed by atoms with Gasteiger partial charge < -0.3 is 9.47 Å². The first-order valence-electron chi connectivity index (χ1n) is 8.40. The predicted molar refractivity (Wildman–Crippen MR) is 102 cm³/mol. The van der Waals surface area contributed by atoms with Crippen LogP contribution in [0.3, 0.4) is 0 Å². The molecule has 2 aromatic rings. The largest absolute Gasteiger partial charge is 0.462 e. The van der Waals surface area contributed by atoms with Gasteiger partial charge in [-0.05, 0) is 24.1 Å². The molecule has 0 atom stereocenters. The highest BCUT2D eigenvalue weighted by Crippen LogP contribution is 2.20. The van der Waals surface area contributed by atoms with E-state index in [1.165, 1.54) is 0 Å². The zero-order valence-electron chi connectivity index (χ0n) is 14.8. The van der Waals surface area contributed by atoms with Crippen molar-refractivity contribution in [3.8, 4) is 0 Å². The van der Waals surface area contributed by atoms with E-state index in [9.17, 15) is 9.59 Å². The number of benzene rings is 2. The maximum atomic E-state index is 12.5. The Morgan fingerprint density at radius 2 is 1.42 bits per heavy atom. The Morgan fingerprint density at radius 3 is 2.00 bits per heavy atom.